The predicted octanol–water partition coefficient (Wildman–Crippen LogP) is 2.17. The highest BCUT2D eigenvalue weighted by molar-refractivity contribution is 5.78. The first-order valence-electron chi connectivity index (χ1n) is 12.8. The molecule has 13 heteroatoms. The molecule has 13 nitrogen and oxygen atoms in total. The van der Waals surface area contributed by atoms with Gasteiger partial charge in [-0.2, -0.15) is 0 Å². The van der Waals surface area contributed by atoms with Crippen molar-refractivity contribution in [1.82, 2.24) is 15.5 Å². The Morgan fingerprint density at radius 3 is 1.55 bits per heavy atom. The fourth-order valence-corrected chi connectivity index (χ4v) is 2.83. The molecule has 0 atom stereocenters. The molecular formula is C27H41N3O10. The van der Waals surface area contributed by atoms with Crippen LogP contribution in [0.4, 0.5) is 9.59 Å². The topological polar surface area (TPSA) is 159 Å². The first-order chi connectivity index (χ1) is 18.6. The zero-order valence-electron chi connectivity index (χ0n) is 24.1. The molecule has 0 unspecified atom stereocenters. The van der Waals surface area contributed by atoms with Crippen molar-refractivity contribution in [3.05, 3.63) is 35.9 Å². The van der Waals surface area contributed by atoms with E-state index in [1.165, 1.54) is 0 Å². The van der Waals surface area contributed by atoms with Crippen molar-refractivity contribution in [2.24, 2.45) is 0 Å². The summed E-state index contributed by atoms with van der Waals surface area (Å²) >= 11 is 0. The summed E-state index contributed by atoms with van der Waals surface area (Å²) in [4.78, 5) is 61.3. The normalized spacial score (nSPS) is 11.3. The Bertz CT molecular complexity index is 921. The number of carbonyl (C=O) groups excluding carboxylic acids is 5. The summed E-state index contributed by atoms with van der Waals surface area (Å²) in [5, 5.41) is 4.60. The number of esters is 3. The van der Waals surface area contributed by atoms with Crippen LogP contribution in [0.3, 0.4) is 0 Å². The van der Waals surface area contributed by atoms with E-state index < -0.39 is 54.4 Å². The van der Waals surface area contributed by atoms with Crippen molar-refractivity contribution in [2.45, 2.75) is 59.4 Å². The fourth-order valence-electron chi connectivity index (χ4n) is 2.83. The molecule has 0 aliphatic heterocycles. The molecule has 0 spiro atoms. The largest absolute Gasteiger partial charge is 0.463 e. The zero-order valence-corrected chi connectivity index (χ0v) is 24.1. The third-order valence-electron chi connectivity index (χ3n) is 4.49. The highest BCUT2D eigenvalue weighted by atomic mass is 16.6. The maximum atomic E-state index is 12.4. The highest BCUT2D eigenvalue weighted by Crippen LogP contribution is 2.07. The maximum Gasteiger partial charge on any atom is 0.408 e. The third-order valence-corrected chi connectivity index (χ3v) is 4.49. The summed E-state index contributed by atoms with van der Waals surface area (Å²) in [5.74, 6) is -1.92. The molecule has 0 saturated heterocycles. The van der Waals surface area contributed by atoms with Crippen LogP contribution >= 0.6 is 0 Å². The molecule has 224 valence electrons. The van der Waals surface area contributed by atoms with Gasteiger partial charge in [-0.25, -0.2) is 9.59 Å². The van der Waals surface area contributed by atoms with Gasteiger partial charge in [0.1, 0.15) is 44.1 Å². The molecule has 0 aliphatic carbocycles. The number of hydrogen-bond acceptors (Lipinski definition) is 11. The van der Waals surface area contributed by atoms with Crippen LogP contribution in [0.2, 0.25) is 0 Å². The van der Waals surface area contributed by atoms with Crippen LogP contribution in [0.5, 0.6) is 0 Å². The minimum atomic E-state index is -0.754. The van der Waals surface area contributed by atoms with Gasteiger partial charge in [-0.05, 0) is 47.1 Å². The first-order valence-corrected chi connectivity index (χ1v) is 12.8. The average Bonchev–Trinajstić information content (AvgIpc) is 2.83. The lowest BCUT2D eigenvalue weighted by Gasteiger charge is -2.22. The van der Waals surface area contributed by atoms with E-state index in [-0.39, 0.29) is 39.5 Å². The summed E-state index contributed by atoms with van der Waals surface area (Å²) in [6, 6.07) is 9.14. The van der Waals surface area contributed by atoms with Crippen molar-refractivity contribution in [2.75, 3.05) is 45.9 Å². The third kappa shape index (κ3) is 18.4. The number of hydrogen-bond donors (Lipinski definition) is 2. The van der Waals surface area contributed by atoms with Crippen molar-refractivity contribution < 1.29 is 47.7 Å². The summed E-state index contributed by atoms with van der Waals surface area (Å²) < 4.78 is 25.7. The van der Waals surface area contributed by atoms with Crippen molar-refractivity contribution >= 4 is 30.1 Å². The van der Waals surface area contributed by atoms with Crippen LogP contribution in [0.25, 0.3) is 0 Å². The number of nitrogens with one attached hydrogen (secondary N) is 2. The van der Waals surface area contributed by atoms with Crippen LogP contribution < -0.4 is 10.6 Å². The molecule has 0 aliphatic rings. The quantitative estimate of drug-likeness (QED) is 0.251. The molecule has 2 N–H and O–H groups in total. The predicted molar refractivity (Wildman–Crippen MR) is 143 cm³/mol. The standard InChI is InChI=1S/C27H41N3O10/c1-26(2,3)39-24(34)28-16-21(31)36-14-12-30(18-23(33)38-19-20-10-8-7-9-11-20)13-15-37-22(32)17-29-25(35)40-27(4,5)6/h7-11H,12-19H2,1-6H3,(H,28,34)(H,29,35). The summed E-state index contributed by atoms with van der Waals surface area (Å²) in [6.07, 6.45) is -1.51. The van der Waals surface area contributed by atoms with E-state index in [1.807, 2.05) is 30.3 Å². The Labute approximate surface area is 234 Å². The SMILES string of the molecule is CC(C)(C)OC(=O)NCC(=O)OCCN(CCOC(=O)CNC(=O)OC(C)(C)C)CC(=O)OCc1ccccc1. The van der Waals surface area contributed by atoms with Crippen LogP contribution in [0, 0.1) is 0 Å². The molecule has 1 rings (SSSR count). The lowest BCUT2D eigenvalue weighted by molar-refractivity contribution is -0.147. The lowest BCUT2D eigenvalue weighted by atomic mass is 10.2. The van der Waals surface area contributed by atoms with Gasteiger partial charge in [0.2, 0.25) is 0 Å². The van der Waals surface area contributed by atoms with Gasteiger partial charge in [-0.15, -0.1) is 0 Å². The molecular weight excluding hydrogens is 526 g/mol. The Morgan fingerprint density at radius 2 is 1.12 bits per heavy atom. The minimum Gasteiger partial charge on any atom is -0.463 e. The lowest BCUT2D eigenvalue weighted by Crippen LogP contribution is -2.39. The number of ether oxygens (including phenoxy) is 5. The van der Waals surface area contributed by atoms with Gasteiger partial charge in [-0.3, -0.25) is 19.3 Å². The number of carbonyl (C=O) groups is 5. The van der Waals surface area contributed by atoms with Gasteiger partial charge in [0, 0.05) is 13.1 Å². The molecule has 40 heavy (non-hydrogen) atoms. The maximum absolute atomic E-state index is 12.4. The Hall–Kier alpha value is -3.87. The molecule has 0 saturated carbocycles. The average molecular weight is 568 g/mol. The van der Waals surface area contributed by atoms with Crippen molar-refractivity contribution in [3.8, 4) is 0 Å². The number of benzene rings is 1. The number of rotatable bonds is 14. The minimum absolute atomic E-state index is 0.0875. The Kier molecular flexibility index (Phi) is 14.5. The molecule has 0 radical (unpaired) electrons. The van der Waals surface area contributed by atoms with E-state index in [0.717, 1.165) is 5.56 Å². The smallest absolute Gasteiger partial charge is 0.408 e. The second-order valence-electron chi connectivity index (χ2n) is 10.6. The van der Waals surface area contributed by atoms with Crippen molar-refractivity contribution in [3.63, 3.8) is 0 Å². The van der Waals surface area contributed by atoms with Gasteiger partial charge in [-0.1, -0.05) is 30.3 Å². The molecule has 1 aromatic rings. The Balaban J connectivity index is 2.52. The molecule has 0 bridgehead atoms. The van der Waals surface area contributed by atoms with E-state index in [9.17, 15) is 24.0 Å². The van der Waals surface area contributed by atoms with Crippen LogP contribution in [0.15, 0.2) is 30.3 Å². The second-order valence-corrected chi connectivity index (χ2v) is 10.6. The van der Waals surface area contributed by atoms with Crippen LogP contribution in [-0.2, 0) is 44.7 Å². The van der Waals surface area contributed by atoms with Gasteiger partial charge >= 0.3 is 30.1 Å². The first kappa shape index (κ1) is 34.2. The molecule has 1 aromatic carbocycles. The van der Waals surface area contributed by atoms with E-state index >= 15 is 0 Å². The highest BCUT2D eigenvalue weighted by Gasteiger charge is 2.19. The van der Waals surface area contributed by atoms with Crippen LogP contribution in [-0.4, -0.2) is 92.1 Å². The van der Waals surface area contributed by atoms with Gasteiger partial charge in [0.25, 0.3) is 0 Å². The second kappa shape index (κ2) is 17.0. The zero-order chi connectivity index (χ0) is 30.2. The van der Waals surface area contributed by atoms with Crippen LogP contribution in [0.1, 0.15) is 47.1 Å². The summed E-state index contributed by atoms with van der Waals surface area (Å²) in [6.45, 7) is 9.34. The Morgan fingerprint density at radius 1 is 0.675 bits per heavy atom. The monoisotopic (exact) mass is 567 g/mol. The molecule has 0 fully saturated rings. The molecule has 0 aromatic heterocycles. The fraction of sp³-hybridized carbons (Fsp3) is 0.593. The van der Waals surface area contributed by atoms with E-state index in [1.54, 1.807) is 46.4 Å². The summed E-state index contributed by atoms with van der Waals surface area (Å²) in [7, 11) is 0. The van der Waals surface area contributed by atoms with E-state index in [0.29, 0.717) is 0 Å². The number of amides is 2. The van der Waals surface area contributed by atoms with Gasteiger partial charge in [0.05, 0.1) is 6.54 Å². The van der Waals surface area contributed by atoms with Gasteiger partial charge in [0.15, 0.2) is 0 Å². The summed E-state index contributed by atoms with van der Waals surface area (Å²) in [5.41, 5.74) is -0.599. The van der Waals surface area contributed by atoms with E-state index in [2.05, 4.69) is 10.6 Å². The van der Waals surface area contributed by atoms with Crippen molar-refractivity contribution in [1.29, 1.82) is 0 Å². The van der Waals surface area contributed by atoms with Gasteiger partial charge < -0.3 is 34.3 Å². The number of alkyl carbamates (subject to hydrolysis) is 2. The van der Waals surface area contributed by atoms with E-state index in [4.69, 9.17) is 23.7 Å². The molecule has 2 amide bonds. The molecule has 0 heterocycles. The number of nitrogens with zero attached hydrogens (tertiary/aromatic N) is 1.